The first kappa shape index (κ1) is 21.3. The predicted octanol–water partition coefficient (Wildman–Crippen LogP) is 3.70. The van der Waals surface area contributed by atoms with Crippen LogP contribution in [0.2, 0.25) is 0 Å². The van der Waals surface area contributed by atoms with Crippen molar-refractivity contribution in [1.82, 2.24) is 4.98 Å². The maximum absolute atomic E-state index is 12.7. The van der Waals surface area contributed by atoms with Crippen LogP contribution in [0.25, 0.3) is 0 Å². The van der Waals surface area contributed by atoms with Crippen molar-refractivity contribution < 1.29 is 23.8 Å². The van der Waals surface area contributed by atoms with E-state index in [0.29, 0.717) is 40.1 Å². The van der Waals surface area contributed by atoms with E-state index in [9.17, 15) is 9.59 Å². The Labute approximate surface area is 177 Å². The Balaban J connectivity index is 1.86. The Morgan fingerprint density at radius 2 is 1.83 bits per heavy atom. The Hall–Kier alpha value is -3.43. The molecule has 0 saturated heterocycles. The lowest BCUT2D eigenvalue weighted by Gasteiger charge is -2.16. The fraction of sp³-hybridized carbons (Fsp3) is 0.190. The lowest BCUT2D eigenvalue weighted by Crippen LogP contribution is -2.18. The summed E-state index contributed by atoms with van der Waals surface area (Å²) in [5.74, 6) is 0.464. The summed E-state index contributed by atoms with van der Waals surface area (Å²) < 4.78 is 16.8. The molecule has 3 aromatic rings. The highest BCUT2D eigenvalue weighted by atomic mass is 32.1. The van der Waals surface area contributed by atoms with Gasteiger partial charge in [-0.25, -0.2) is 4.98 Å². The number of carbonyl (C=O) groups is 2. The third-order valence-electron chi connectivity index (χ3n) is 3.91. The number of amides is 2. The van der Waals surface area contributed by atoms with Crippen LogP contribution in [0, 0.1) is 0 Å². The Kier molecular flexibility index (Phi) is 6.99. The number of ether oxygens (including phenoxy) is 3. The number of rotatable bonds is 9. The highest BCUT2D eigenvalue weighted by Crippen LogP contribution is 2.29. The molecule has 1 heterocycles. The molecular formula is C21H21N3O5S. The molecule has 0 radical (unpaired) electrons. The van der Waals surface area contributed by atoms with Crippen LogP contribution in [0.5, 0.6) is 17.2 Å². The molecular weight excluding hydrogens is 406 g/mol. The largest absolute Gasteiger partial charge is 0.488 e. The molecule has 0 unspecified atom stereocenters. The summed E-state index contributed by atoms with van der Waals surface area (Å²) in [6.45, 7) is 2.25. The quantitative estimate of drug-likeness (QED) is 0.538. The average molecular weight is 427 g/mol. The molecule has 0 saturated carbocycles. The minimum Gasteiger partial charge on any atom is -0.488 e. The van der Waals surface area contributed by atoms with E-state index in [-0.39, 0.29) is 12.0 Å². The van der Waals surface area contributed by atoms with Crippen LogP contribution < -0.4 is 20.5 Å². The van der Waals surface area contributed by atoms with E-state index < -0.39 is 5.91 Å². The minimum absolute atomic E-state index is 0.227. The van der Waals surface area contributed by atoms with Gasteiger partial charge in [-0.05, 0) is 43.3 Å². The van der Waals surface area contributed by atoms with Gasteiger partial charge in [-0.15, -0.1) is 11.3 Å². The highest BCUT2D eigenvalue weighted by Gasteiger charge is 2.14. The smallest absolute Gasteiger partial charge is 0.257 e. The second kappa shape index (κ2) is 9.86. The molecule has 8 nitrogen and oxygen atoms in total. The molecule has 1 aromatic heterocycles. The van der Waals surface area contributed by atoms with Crippen molar-refractivity contribution in [2.75, 3.05) is 19.0 Å². The standard InChI is InChI=1S/C21H21N3O5S/c1-13(12-27-2)28-17-9-15(20(26)24-21-23-7-8-30-21)10-18(11-17)29-16-5-3-14(4-6-16)19(22)25/h3-11,13H,12H2,1-2H3,(H2,22,25)(H,23,24,26)/t13-/m0/s1. The molecule has 2 aromatic carbocycles. The number of methoxy groups -OCH3 is 1. The Morgan fingerprint density at radius 1 is 1.10 bits per heavy atom. The number of thiazole rings is 1. The summed E-state index contributed by atoms with van der Waals surface area (Å²) in [6, 6.07) is 11.3. The van der Waals surface area contributed by atoms with Gasteiger partial charge in [0.2, 0.25) is 5.91 Å². The van der Waals surface area contributed by atoms with Crippen LogP contribution in [-0.2, 0) is 4.74 Å². The molecule has 3 N–H and O–H groups in total. The summed E-state index contributed by atoms with van der Waals surface area (Å²) >= 11 is 1.32. The van der Waals surface area contributed by atoms with Crippen molar-refractivity contribution in [3.05, 3.63) is 65.2 Å². The molecule has 9 heteroatoms. The van der Waals surface area contributed by atoms with Crippen molar-refractivity contribution in [1.29, 1.82) is 0 Å². The van der Waals surface area contributed by atoms with Gasteiger partial charge < -0.3 is 19.9 Å². The molecule has 30 heavy (non-hydrogen) atoms. The van der Waals surface area contributed by atoms with Crippen LogP contribution >= 0.6 is 11.3 Å². The predicted molar refractivity (Wildman–Crippen MR) is 114 cm³/mol. The van der Waals surface area contributed by atoms with Crippen LogP contribution in [0.4, 0.5) is 5.13 Å². The van der Waals surface area contributed by atoms with E-state index in [4.69, 9.17) is 19.9 Å². The molecule has 0 aliphatic carbocycles. The van der Waals surface area contributed by atoms with E-state index >= 15 is 0 Å². The molecule has 1 atom stereocenters. The second-order valence-electron chi connectivity index (χ2n) is 6.36. The summed E-state index contributed by atoms with van der Waals surface area (Å²) in [5, 5.41) is 5.00. The third kappa shape index (κ3) is 5.79. The molecule has 156 valence electrons. The number of aromatic nitrogens is 1. The van der Waals surface area contributed by atoms with Gasteiger partial charge in [0, 0.05) is 35.9 Å². The van der Waals surface area contributed by atoms with Gasteiger partial charge in [-0.1, -0.05) is 0 Å². The van der Waals surface area contributed by atoms with Gasteiger partial charge in [0.25, 0.3) is 5.91 Å². The summed E-state index contributed by atoms with van der Waals surface area (Å²) in [6.07, 6.45) is 1.38. The maximum Gasteiger partial charge on any atom is 0.257 e. The first-order chi connectivity index (χ1) is 14.4. The molecule has 0 bridgehead atoms. The van der Waals surface area contributed by atoms with E-state index in [0.717, 1.165) is 0 Å². The van der Waals surface area contributed by atoms with Gasteiger partial charge in [-0.2, -0.15) is 0 Å². The van der Waals surface area contributed by atoms with E-state index in [1.165, 1.54) is 11.3 Å². The van der Waals surface area contributed by atoms with Gasteiger partial charge in [0.1, 0.15) is 23.4 Å². The van der Waals surface area contributed by atoms with Crippen molar-refractivity contribution in [3.63, 3.8) is 0 Å². The van der Waals surface area contributed by atoms with Crippen LogP contribution in [0.3, 0.4) is 0 Å². The van der Waals surface area contributed by atoms with Crippen molar-refractivity contribution in [3.8, 4) is 17.2 Å². The number of nitrogens with zero attached hydrogens (tertiary/aromatic N) is 1. The fourth-order valence-corrected chi connectivity index (χ4v) is 3.13. The first-order valence-corrected chi connectivity index (χ1v) is 9.92. The van der Waals surface area contributed by atoms with E-state index in [2.05, 4.69) is 10.3 Å². The van der Waals surface area contributed by atoms with Gasteiger partial charge >= 0.3 is 0 Å². The summed E-state index contributed by atoms with van der Waals surface area (Å²) in [4.78, 5) is 28.0. The van der Waals surface area contributed by atoms with Gasteiger partial charge in [0.05, 0.1) is 6.61 Å². The second-order valence-corrected chi connectivity index (χ2v) is 7.25. The van der Waals surface area contributed by atoms with Gasteiger partial charge in [0.15, 0.2) is 5.13 Å². The highest BCUT2D eigenvalue weighted by molar-refractivity contribution is 7.13. The zero-order valence-electron chi connectivity index (χ0n) is 16.5. The van der Waals surface area contributed by atoms with Crippen LogP contribution in [0.15, 0.2) is 54.0 Å². The Morgan fingerprint density at radius 3 is 2.47 bits per heavy atom. The van der Waals surface area contributed by atoms with E-state index in [1.807, 2.05) is 6.92 Å². The van der Waals surface area contributed by atoms with Crippen molar-refractivity contribution in [2.24, 2.45) is 5.73 Å². The topological polar surface area (TPSA) is 113 Å². The lowest BCUT2D eigenvalue weighted by atomic mass is 10.1. The number of anilines is 1. The molecule has 3 rings (SSSR count). The normalized spacial score (nSPS) is 11.5. The number of benzene rings is 2. The fourth-order valence-electron chi connectivity index (χ4n) is 2.61. The van der Waals surface area contributed by atoms with Crippen molar-refractivity contribution in [2.45, 2.75) is 13.0 Å². The number of nitrogens with two attached hydrogens (primary N) is 1. The monoisotopic (exact) mass is 427 g/mol. The van der Waals surface area contributed by atoms with Gasteiger partial charge in [-0.3, -0.25) is 14.9 Å². The van der Waals surface area contributed by atoms with Crippen LogP contribution in [0.1, 0.15) is 27.6 Å². The molecule has 0 spiro atoms. The molecule has 2 amide bonds. The SMILES string of the molecule is COC[C@H](C)Oc1cc(Oc2ccc(C(N)=O)cc2)cc(C(=O)Nc2nccs2)c1. The van der Waals surface area contributed by atoms with E-state index in [1.54, 1.807) is 61.2 Å². The number of primary amides is 1. The minimum atomic E-state index is -0.523. The number of nitrogens with one attached hydrogen (secondary N) is 1. The summed E-state index contributed by atoms with van der Waals surface area (Å²) in [5.41, 5.74) is 5.98. The average Bonchev–Trinajstić information content (AvgIpc) is 3.21. The zero-order chi connectivity index (χ0) is 21.5. The zero-order valence-corrected chi connectivity index (χ0v) is 17.3. The number of hydrogen-bond acceptors (Lipinski definition) is 7. The Bertz CT molecular complexity index is 1010. The number of hydrogen-bond donors (Lipinski definition) is 2. The van der Waals surface area contributed by atoms with Crippen molar-refractivity contribution >= 4 is 28.3 Å². The maximum atomic E-state index is 12.7. The third-order valence-corrected chi connectivity index (χ3v) is 4.60. The lowest BCUT2D eigenvalue weighted by molar-refractivity contribution is 0.0916. The molecule has 0 aliphatic rings. The first-order valence-electron chi connectivity index (χ1n) is 9.04. The molecule has 0 aliphatic heterocycles. The number of carbonyl (C=O) groups excluding carboxylic acids is 2. The molecule has 0 fully saturated rings. The van der Waals surface area contributed by atoms with Crippen LogP contribution in [-0.4, -0.2) is 36.6 Å². The summed E-state index contributed by atoms with van der Waals surface area (Å²) in [7, 11) is 1.59.